The zero-order valence-corrected chi connectivity index (χ0v) is 17.1. The number of nitrogens with one attached hydrogen (secondary N) is 1. The Morgan fingerprint density at radius 3 is 2.74 bits per heavy atom. The van der Waals surface area contributed by atoms with Crippen molar-refractivity contribution in [3.05, 3.63) is 17.7 Å². The molecule has 1 amide bonds. The van der Waals surface area contributed by atoms with Gasteiger partial charge in [-0.05, 0) is 39.2 Å². The Morgan fingerprint density at radius 1 is 1.30 bits per heavy atom. The zero-order chi connectivity index (χ0) is 19.2. The highest BCUT2D eigenvalue weighted by Gasteiger charge is 2.31. The van der Waals surface area contributed by atoms with Gasteiger partial charge in [0, 0.05) is 59.1 Å². The number of rotatable bonds is 7. The van der Waals surface area contributed by atoms with E-state index in [-0.39, 0.29) is 11.8 Å². The number of hydrogen-bond acceptors (Lipinski definition) is 5. The van der Waals surface area contributed by atoms with Crippen molar-refractivity contribution in [2.75, 3.05) is 46.4 Å². The molecule has 7 nitrogen and oxygen atoms in total. The molecule has 1 unspecified atom stereocenters. The Labute approximate surface area is 163 Å². The first-order valence-corrected chi connectivity index (χ1v) is 10.3. The summed E-state index contributed by atoms with van der Waals surface area (Å²) in [6.45, 7) is 8.50. The molecule has 0 aliphatic carbocycles. The van der Waals surface area contributed by atoms with Crippen molar-refractivity contribution >= 4 is 5.91 Å². The molecule has 2 fully saturated rings. The normalized spacial score (nSPS) is 22.9. The summed E-state index contributed by atoms with van der Waals surface area (Å²) < 4.78 is 7.21. The van der Waals surface area contributed by atoms with Crippen molar-refractivity contribution in [3.8, 4) is 0 Å². The standard InChI is InChI=1S/C20H35N5O2/c1-16-22-13-19(23(16)2)15-24-10-6-18(7-11-24)25-9-4-5-17(14-25)20(26)21-8-12-27-3/h13,17-18H,4-12,14-15H2,1-3H3,(H,21,26). The number of aromatic nitrogens is 2. The minimum Gasteiger partial charge on any atom is -0.383 e. The number of carbonyl (C=O) groups is 1. The van der Waals surface area contributed by atoms with Gasteiger partial charge in [0.25, 0.3) is 0 Å². The van der Waals surface area contributed by atoms with E-state index in [4.69, 9.17) is 4.74 Å². The van der Waals surface area contributed by atoms with Crippen LogP contribution in [-0.2, 0) is 23.1 Å². The van der Waals surface area contributed by atoms with Gasteiger partial charge >= 0.3 is 0 Å². The van der Waals surface area contributed by atoms with Crippen LogP contribution in [0.15, 0.2) is 6.20 Å². The Morgan fingerprint density at radius 2 is 2.07 bits per heavy atom. The van der Waals surface area contributed by atoms with Gasteiger partial charge in [0.1, 0.15) is 5.82 Å². The van der Waals surface area contributed by atoms with Crippen LogP contribution < -0.4 is 5.32 Å². The molecule has 7 heteroatoms. The average molecular weight is 378 g/mol. The summed E-state index contributed by atoms with van der Waals surface area (Å²) in [7, 11) is 3.76. The molecule has 2 aliphatic rings. The number of hydrogen-bond donors (Lipinski definition) is 1. The molecule has 0 aromatic carbocycles. The molecule has 0 bridgehead atoms. The summed E-state index contributed by atoms with van der Waals surface area (Å²) in [6.07, 6.45) is 6.51. The molecule has 1 atom stereocenters. The maximum absolute atomic E-state index is 12.4. The molecule has 1 N–H and O–H groups in total. The van der Waals surface area contributed by atoms with Crippen LogP contribution in [0.5, 0.6) is 0 Å². The third-order valence-electron chi connectivity index (χ3n) is 6.20. The first-order chi connectivity index (χ1) is 13.1. The Bertz CT molecular complexity index is 610. The van der Waals surface area contributed by atoms with Crippen LogP contribution in [0.25, 0.3) is 0 Å². The fourth-order valence-electron chi connectivity index (χ4n) is 4.34. The van der Waals surface area contributed by atoms with Gasteiger partial charge in [0.05, 0.1) is 18.2 Å². The minimum atomic E-state index is 0.131. The van der Waals surface area contributed by atoms with Crippen LogP contribution in [0.4, 0.5) is 0 Å². The minimum absolute atomic E-state index is 0.131. The molecule has 1 aromatic rings. The van der Waals surface area contributed by atoms with Crippen LogP contribution in [0.2, 0.25) is 0 Å². The van der Waals surface area contributed by atoms with E-state index in [0.717, 1.165) is 51.4 Å². The zero-order valence-electron chi connectivity index (χ0n) is 17.1. The predicted octanol–water partition coefficient (Wildman–Crippen LogP) is 1.17. The number of ether oxygens (including phenoxy) is 1. The number of nitrogens with zero attached hydrogens (tertiary/aromatic N) is 4. The van der Waals surface area contributed by atoms with E-state index in [2.05, 4.69) is 31.7 Å². The monoisotopic (exact) mass is 377 g/mol. The third kappa shape index (κ3) is 5.30. The van der Waals surface area contributed by atoms with Gasteiger partial charge in [0.15, 0.2) is 0 Å². The van der Waals surface area contributed by atoms with Crippen LogP contribution in [-0.4, -0.2) is 77.7 Å². The highest BCUT2D eigenvalue weighted by Crippen LogP contribution is 2.24. The van der Waals surface area contributed by atoms with Crippen LogP contribution >= 0.6 is 0 Å². The SMILES string of the molecule is COCCNC(=O)C1CCCN(C2CCN(Cc3cnc(C)n3C)CC2)C1. The summed E-state index contributed by atoms with van der Waals surface area (Å²) in [6, 6.07) is 0.615. The summed E-state index contributed by atoms with van der Waals surface area (Å²) in [5.41, 5.74) is 1.29. The molecule has 2 saturated heterocycles. The molecule has 27 heavy (non-hydrogen) atoms. The molecular formula is C20H35N5O2. The molecule has 3 rings (SSSR count). The van der Waals surface area contributed by atoms with E-state index in [0.29, 0.717) is 19.2 Å². The van der Waals surface area contributed by atoms with Crippen molar-refractivity contribution in [2.45, 2.75) is 45.2 Å². The number of imidazole rings is 1. The largest absolute Gasteiger partial charge is 0.383 e. The van der Waals surface area contributed by atoms with Gasteiger partial charge in [-0.25, -0.2) is 4.98 Å². The summed E-state index contributed by atoms with van der Waals surface area (Å²) in [4.78, 5) is 21.9. The molecule has 0 saturated carbocycles. The van der Waals surface area contributed by atoms with Crippen molar-refractivity contribution in [1.29, 1.82) is 0 Å². The number of aryl methyl sites for hydroxylation is 1. The lowest BCUT2D eigenvalue weighted by atomic mass is 9.93. The molecule has 0 radical (unpaired) electrons. The van der Waals surface area contributed by atoms with Gasteiger partial charge in [0.2, 0.25) is 5.91 Å². The lowest BCUT2D eigenvalue weighted by molar-refractivity contribution is -0.127. The van der Waals surface area contributed by atoms with E-state index >= 15 is 0 Å². The molecule has 1 aromatic heterocycles. The van der Waals surface area contributed by atoms with Crippen molar-refractivity contribution in [3.63, 3.8) is 0 Å². The number of piperidine rings is 2. The Balaban J connectivity index is 1.44. The van der Waals surface area contributed by atoms with E-state index in [1.165, 1.54) is 18.5 Å². The van der Waals surface area contributed by atoms with Gasteiger partial charge < -0.3 is 14.6 Å². The molecule has 2 aliphatic heterocycles. The second kappa shape index (κ2) is 9.66. The lowest BCUT2D eigenvalue weighted by Gasteiger charge is -2.42. The number of likely N-dealkylation sites (tertiary alicyclic amines) is 2. The van der Waals surface area contributed by atoms with E-state index in [1.54, 1.807) is 7.11 Å². The highest BCUT2D eigenvalue weighted by atomic mass is 16.5. The predicted molar refractivity (Wildman–Crippen MR) is 105 cm³/mol. The molecule has 3 heterocycles. The second-order valence-corrected chi connectivity index (χ2v) is 7.98. The topological polar surface area (TPSA) is 62.6 Å². The first-order valence-electron chi connectivity index (χ1n) is 10.3. The Hall–Kier alpha value is -1.44. The quantitative estimate of drug-likeness (QED) is 0.723. The first kappa shape index (κ1) is 20.3. The van der Waals surface area contributed by atoms with Crippen molar-refractivity contribution in [2.24, 2.45) is 13.0 Å². The molecule has 152 valence electrons. The van der Waals surface area contributed by atoms with Gasteiger partial charge in [-0.2, -0.15) is 0 Å². The molecular weight excluding hydrogens is 342 g/mol. The average Bonchev–Trinajstić information content (AvgIpc) is 3.01. The van der Waals surface area contributed by atoms with Crippen molar-refractivity contribution in [1.82, 2.24) is 24.7 Å². The number of carbonyl (C=O) groups excluding carboxylic acids is 1. The van der Waals surface area contributed by atoms with Crippen LogP contribution in [0, 0.1) is 12.8 Å². The maximum atomic E-state index is 12.4. The fraction of sp³-hybridized carbons (Fsp3) is 0.800. The van der Waals surface area contributed by atoms with Crippen molar-refractivity contribution < 1.29 is 9.53 Å². The highest BCUT2D eigenvalue weighted by molar-refractivity contribution is 5.78. The van der Waals surface area contributed by atoms with Gasteiger partial charge in [-0.1, -0.05) is 0 Å². The van der Waals surface area contributed by atoms with E-state index < -0.39 is 0 Å². The number of amides is 1. The summed E-state index contributed by atoms with van der Waals surface area (Å²) in [5, 5.41) is 3.01. The van der Waals surface area contributed by atoms with Gasteiger partial charge in [-0.15, -0.1) is 0 Å². The summed E-state index contributed by atoms with van der Waals surface area (Å²) in [5.74, 6) is 1.40. The maximum Gasteiger partial charge on any atom is 0.224 e. The smallest absolute Gasteiger partial charge is 0.224 e. The van der Waals surface area contributed by atoms with E-state index in [1.807, 2.05) is 13.1 Å². The molecule has 0 spiro atoms. The van der Waals surface area contributed by atoms with Gasteiger partial charge in [-0.3, -0.25) is 14.6 Å². The summed E-state index contributed by atoms with van der Waals surface area (Å²) >= 11 is 0. The Kier molecular flexibility index (Phi) is 7.26. The lowest BCUT2D eigenvalue weighted by Crippen LogP contribution is -2.50. The second-order valence-electron chi connectivity index (χ2n) is 7.98. The van der Waals surface area contributed by atoms with Crippen LogP contribution in [0.3, 0.4) is 0 Å². The fourth-order valence-corrected chi connectivity index (χ4v) is 4.34. The van der Waals surface area contributed by atoms with E-state index in [9.17, 15) is 4.79 Å². The van der Waals surface area contributed by atoms with Crippen LogP contribution in [0.1, 0.15) is 37.2 Å². The number of methoxy groups -OCH3 is 1. The third-order valence-corrected chi connectivity index (χ3v) is 6.20.